The predicted octanol–water partition coefficient (Wildman–Crippen LogP) is 1.04. The Morgan fingerprint density at radius 2 is 2.00 bits per heavy atom. The van der Waals surface area contributed by atoms with E-state index >= 15 is 0 Å². The van der Waals surface area contributed by atoms with Crippen molar-refractivity contribution in [2.24, 2.45) is 10.3 Å². The number of nitrogens with two attached hydrogens (primary N) is 1. The molecule has 0 amide bonds. The Balaban J connectivity index is 3.38. The van der Waals surface area contributed by atoms with Gasteiger partial charge >= 0.3 is 0 Å². The van der Waals surface area contributed by atoms with Gasteiger partial charge in [-0.05, 0) is 29.8 Å². The monoisotopic (exact) mass is 200 g/mol. The minimum absolute atomic E-state index is 0.0894. The highest BCUT2D eigenvalue weighted by Crippen LogP contribution is 2.21. The first kappa shape index (κ1) is 9.82. The smallest absolute Gasteiger partial charge is 0.225 e. The predicted molar refractivity (Wildman–Crippen MR) is 48.0 cm³/mol. The molecule has 5 nitrogen and oxygen atoms in total. The zero-order chi connectivity index (χ0) is 10.1. The van der Waals surface area contributed by atoms with Gasteiger partial charge < -0.3 is 0 Å². The van der Waals surface area contributed by atoms with Gasteiger partial charge in [0.1, 0.15) is 5.69 Å². The molecule has 0 spiro atoms. The summed E-state index contributed by atoms with van der Waals surface area (Å²) in [6, 6.07) is 3.97. The van der Waals surface area contributed by atoms with E-state index in [1.54, 1.807) is 6.92 Å². The van der Waals surface area contributed by atoms with Crippen molar-refractivity contribution in [1.82, 2.24) is 0 Å². The third-order valence-corrected chi connectivity index (χ3v) is 2.52. The molecule has 70 valence electrons. The van der Waals surface area contributed by atoms with Crippen LogP contribution in [0, 0.1) is 11.8 Å². The zero-order valence-corrected chi connectivity index (χ0v) is 7.71. The summed E-state index contributed by atoms with van der Waals surface area (Å²) in [4.78, 5) is 10.1. The normalized spacial score (nSPS) is 11.2. The van der Waals surface area contributed by atoms with E-state index in [4.69, 9.17) is 5.14 Å². The van der Waals surface area contributed by atoms with E-state index < -0.39 is 10.0 Å². The Labute approximate surface area is 75.6 Å². The Morgan fingerprint density at radius 1 is 1.38 bits per heavy atom. The van der Waals surface area contributed by atoms with Gasteiger partial charge in [0.15, 0.2) is 0 Å². The summed E-state index contributed by atoms with van der Waals surface area (Å²) in [5, 5.41) is 7.53. The van der Waals surface area contributed by atoms with Crippen LogP contribution < -0.4 is 5.14 Å². The average molecular weight is 200 g/mol. The van der Waals surface area contributed by atoms with E-state index in [1.807, 2.05) is 0 Å². The number of primary sulfonamides is 1. The van der Waals surface area contributed by atoms with E-state index in [2.05, 4.69) is 5.18 Å². The van der Waals surface area contributed by atoms with Gasteiger partial charge in [0.2, 0.25) is 10.0 Å². The fourth-order valence-corrected chi connectivity index (χ4v) is 1.40. The van der Waals surface area contributed by atoms with E-state index in [0.29, 0.717) is 5.56 Å². The van der Waals surface area contributed by atoms with E-state index in [-0.39, 0.29) is 10.6 Å². The summed E-state index contributed by atoms with van der Waals surface area (Å²) in [6.07, 6.45) is 0. The molecule has 0 saturated heterocycles. The fraction of sp³-hybridized carbons (Fsp3) is 0.143. The zero-order valence-electron chi connectivity index (χ0n) is 6.89. The Morgan fingerprint density at radius 3 is 2.46 bits per heavy atom. The van der Waals surface area contributed by atoms with E-state index in [0.717, 1.165) is 6.07 Å². The molecule has 1 aromatic carbocycles. The molecule has 2 N–H and O–H groups in total. The second kappa shape index (κ2) is 3.23. The first-order valence-corrected chi connectivity index (χ1v) is 4.96. The minimum Gasteiger partial charge on any atom is -0.225 e. The molecule has 1 rings (SSSR count). The molecule has 0 bridgehead atoms. The fourth-order valence-electron chi connectivity index (χ4n) is 0.865. The van der Waals surface area contributed by atoms with Crippen molar-refractivity contribution < 1.29 is 8.42 Å². The minimum atomic E-state index is -3.75. The lowest BCUT2D eigenvalue weighted by molar-refractivity contribution is 0.598. The lowest BCUT2D eigenvalue weighted by atomic mass is 10.2. The topological polar surface area (TPSA) is 89.6 Å². The third kappa shape index (κ3) is 2.10. The van der Waals surface area contributed by atoms with Crippen LogP contribution in [0.1, 0.15) is 5.56 Å². The molecular formula is C7H8N2O3S. The van der Waals surface area contributed by atoms with Crippen molar-refractivity contribution in [2.45, 2.75) is 11.8 Å². The van der Waals surface area contributed by atoms with Crippen LogP contribution in [-0.2, 0) is 10.0 Å². The second-order valence-electron chi connectivity index (χ2n) is 2.58. The highest BCUT2D eigenvalue weighted by Gasteiger charge is 2.09. The van der Waals surface area contributed by atoms with Gasteiger partial charge in [-0.25, -0.2) is 13.6 Å². The number of benzene rings is 1. The first-order chi connectivity index (χ1) is 5.95. The molecule has 0 fully saturated rings. The van der Waals surface area contributed by atoms with Gasteiger partial charge in [-0.15, -0.1) is 4.91 Å². The largest absolute Gasteiger partial charge is 0.238 e. The van der Waals surface area contributed by atoms with Crippen molar-refractivity contribution in [3.63, 3.8) is 0 Å². The van der Waals surface area contributed by atoms with E-state index in [9.17, 15) is 13.3 Å². The molecule has 6 heteroatoms. The number of hydrogen-bond donors (Lipinski definition) is 1. The van der Waals surface area contributed by atoms with Crippen molar-refractivity contribution in [3.05, 3.63) is 28.7 Å². The number of nitrogens with zero attached hydrogens (tertiary/aromatic N) is 1. The van der Waals surface area contributed by atoms with Gasteiger partial charge in [-0.2, -0.15) is 0 Å². The maximum Gasteiger partial charge on any atom is 0.238 e. The first-order valence-electron chi connectivity index (χ1n) is 3.42. The maximum atomic E-state index is 10.8. The Kier molecular flexibility index (Phi) is 2.44. The number of hydrogen-bond acceptors (Lipinski definition) is 4. The van der Waals surface area contributed by atoms with Crippen LogP contribution in [0.2, 0.25) is 0 Å². The number of nitroso groups, excluding NO2 is 1. The maximum absolute atomic E-state index is 10.8. The molecule has 0 unspecified atom stereocenters. The lowest BCUT2D eigenvalue weighted by Crippen LogP contribution is -2.11. The summed E-state index contributed by atoms with van der Waals surface area (Å²) in [5.41, 5.74) is 0.703. The highest BCUT2D eigenvalue weighted by atomic mass is 32.2. The summed E-state index contributed by atoms with van der Waals surface area (Å²) < 4.78 is 21.7. The molecule has 0 aliphatic heterocycles. The van der Waals surface area contributed by atoms with Crippen molar-refractivity contribution in [2.75, 3.05) is 0 Å². The molecule has 0 aromatic heterocycles. The average Bonchev–Trinajstić information content (AvgIpc) is 2.03. The summed E-state index contributed by atoms with van der Waals surface area (Å²) >= 11 is 0. The highest BCUT2D eigenvalue weighted by molar-refractivity contribution is 7.89. The van der Waals surface area contributed by atoms with Crippen molar-refractivity contribution in [3.8, 4) is 0 Å². The van der Waals surface area contributed by atoms with E-state index in [1.165, 1.54) is 12.1 Å². The molecule has 0 radical (unpaired) electrons. The van der Waals surface area contributed by atoms with Gasteiger partial charge in [0.25, 0.3) is 0 Å². The summed E-state index contributed by atoms with van der Waals surface area (Å²) in [7, 11) is -3.75. The van der Waals surface area contributed by atoms with Crippen LogP contribution in [0.5, 0.6) is 0 Å². The molecule has 1 aromatic rings. The van der Waals surface area contributed by atoms with Gasteiger partial charge in [0.05, 0.1) is 4.90 Å². The van der Waals surface area contributed by atoms with Crippen LogP contribution in [-0.4, -0.2) is 8.42 Å². The number of sulfonamides is 1. The van der Waals surface area contributed by atoms with Crippen molar-refractivity contribution >= 4 is 15.7 Å². The number of rotatable bonds is 2. The molecule has 0 aliphatic carbocycles. The van der Waals surface area contributed by atoms with Crippen LogP contribution >= 0.6 is 0 Å². The lowest BCUT2D eigenvalue weighted by Gasteiger charge is -2.00. The molecule has 0 aliphatic rings. The molecule has 13 heavy (non-hydrogen) atoms. The molecular weight excluding hydrogens is 192 g/mol. The summed E-state index contributed by atoms with van der Waals surface area (Å²) in [6.45, 7) is 1.66. The van der Waals surface area contributed by atoms with Crippen LogP contribution in [0.25, 0.3) is 0 Å². The molecule has 0 heterocycles. The van der Waals surface area contributed by atoms with Crippen LogP contribution in [0.3, 0.4) is 0 Å². The van der Waals surface area contributed by atoms with Gasteiger partial charge in [0, 0.05) is 0 Å². The Hall–Kier alpha value is -1.27. The van der Waals surface area contributed by atoms with Gasteiger partial charge in [-0.1, -0.05) is 6.07 Å². The molecule has 0 atom stereocenters. The second-order valence-corrected chi connectivity index (χ2v) is 4.15. The summed E-state index contributed by atoms with van der Waals surface area (Å²) in [5.74, 6) is 0. The standard InChI is InChI=1S/C7H8N2O3S/c1-5-2-3-6(13(8,11)12)4-7(5)9-10/h2-4H,1H3,(H2,8,11,12). The molecule has 0 saturated carbocycles. The van der Waals surface area contributed by atoms with Gasteiger partial charge in [-0.3, -0.25) is 0 Å². The van der Waals surface area contributed by atoms with Crippen LogP contribution in [0.4, 0.5) is 5.69 Å². The number of aryl methyl sites for hydroxylation is 1. The van der Waals surface area contributed by atoms with Crippen LogP contribution in [0.15, 0.2) is 28.3 Å². The quantitative estimate of drug-likeness (QED) is 0.723. The third-order valence-electron chi connectivity index (χ3n) is 1.61. The van der Waals surface area contributed by atoms with Crippen molar-refractivity contribution in [1.29, 1.82) is 0 Å². The Bertz CT molecular complexity index is 439. The SMILES string of the molecule is Cc1ccc(S(N)(=O)=O)cc1N=O.